The van der Waals surface area contributed by atoms with E-state index in [1.54, 1.807) is 37.8 Å². The number of hydrogen-bond acceptors (Lipinski definition) is 7. The molecule has 2 aliphatic heterocycles. The smallest absolute Gasteiger partial charge is 0.242 e. The van der Waals surface area contributed by atoms with Crippen LogP contribution in [-0.2, 0) is 33.8 Å². The van der Waals surface area contributed by atoms with Gasteiger partial charge in [-0.3, -0.25) is 19.4 Å². The molecule has 1 N–H and O–H groups in total. The van der Waals surface area contributed by atoms with Crippen LogP contribution in [-0.4, -0.2) is 63.1 Å². The second kappa shape index (κ2) is 16.3. The molecule has 10 nitrogen and oxygen atoms in total. The molecule has 0 saturated heterocycles. The minimum atomic E-state index is -1.14. The number of nitrogens with one attached hydrogen (secondary N) is 1. The molecule has 2 aromatic carbocycles. The number of benzene rings is 2. The summed E-state index contributed by atoms with van der Waals surface area (Å²) in [5, 5.41) is 3.47. The Morgan fingerprint density at radius 1 is 0.894 bits per heavy atom. The first kappa shape index (κ1) is 37.6. The van der Waals surface area contributed by atoms with Crippen LogP contribution in [0.25, 0.3) is 0 Å². The Bertz CT molecular complexity index is 1580. The Kier molecular flexibility index (Phi) is 13.0. The minimum Gasteiger partial charge on any atom is -0.497 e. The number of hydrogen-bond donors (Lipinski definition) is 1. The number of ether oxygens (including phenoxy) is 2. The average molecular weight is 687 g/mol. The Morgan fingerprint density at radius 2 is 1.64 bits per heavy atom. The van der Waals surface area contributed by atoms with E-state index in [0.717, 1.165) is 42.1 Å². The van der Waals surface area contributed by atoms with Crippen molar-refractivity contribution in [3.63, 3.8) is 0 Å². The van der Waals surface area contributed by atoms with Crippen LogP contribution in [0.2, 0.25) is 0 Å². The van der Waals surface area contributed by atoms with E-state index in [1.165, 1.54) is 5.56 Å². The molecular formula is C35H45Cl2N5O5. The van der Waals surface area contributed by atoms with E-state index >= 15 is 0 Å². The quantitative estimate of drug-likeness (QED) is 0.202. The van der Waals surface area contributed by atoms with Gasteiger partial charge in [-0.25, -0.2) is 0 Å². The fourth-order valence-corrected chi connectivity index (χ4v) is 5.98. The molecule has 0 spiro atoms. The van der Waals surface area contributed by atoms with Gasteiger partial charge in [-0.05, 0) is 81.6 Å². The van der Waals surface area contributed by atoms with Crippen LogP contribution in [0.4, 0.5) is 17.1 Å². The third-order valence-corrected chi connectivity index (χ3v) is 8.60. The number of fused-ring (bicyclic) bond motifs is 2. The van der Waals surface area contributed by atoms with Gasteiger partial charge in [0.15, 0.2) is 0 Å². The van der Waals surface area contributed by atoms with Crippen LogP contribution in [0, 0.1) is 5.41 Å². The second-order valence-electron chi connectivity index (χ2n) is 12.0. The zero-order chi connectivity index (χ0) is 32.1. The molecule has 0 atom stereocenters. The highest BCUT2D eigenvalue weighted by atomic mass is 35.5. The first-order valence-electron chi connectivity index (χ1n) is 15.6. The van der Waals surface area contributed by atoms with Gasteiger partial charge < -0.3 is 29.5 Å². The molecule has 3 amide bonds. The molecular weight excluding hydrogens is 641 g/mol. The first-order valence-corrected chi connectivity index (χ1v) is 15.6. The monoisotopic (exact) mass is 685 g/mol. The molecule has 0 bridgehead atoms. The number of rotatable bonds is 12. The van der Waals surface area contributed by atoms with Crippen molar-refractivity contribution in [1.82, 2.24) is 10.3 Å². The van der Waals surface area contributed by atoms with Gasteiger partial charge in [0.05, 0.1) is 30.8 Å². The number of anilines is 3. The Balaban J connectivity index is 0.00000300. The maximum atomic E-state index is 13.1. The summed E-state index contributed by atoms with van der Waals surface area (Å²) in [6, 6.07) is 15.6. The summed E-state index contributed by atoms with van der Waals surface area (Å²) < 4.78 is 11.4. The largest absolute Gasteiger partial charge is 0.497 e. The number of carbonyl (C=O) groups excluding carboxylic acids is 3. The zero-order valence-electron chi connectivity index (χ0n) is 27.7. The number of pyridine rings is 1. The topological polar surface area (TPSA) is 104 Å². The summed E-state index contributed by atoms with van der Waals surface area (Å²) in [5.74, 6) is 1.09. The van der Waals surface area contributed by atoms with E-state index in [4.69, 9.17) is 9.47 Å². The lowest BCUT2D eigenvalue weighted by atomic mass is 9.90. The lowest BCUT2D eigenvalue weighted by molar-refractivity contribution is -0.137. The summed E-state index contributed by atoms with van der Waals surface area (Å²) in [6.45, 7) is 8.26. The van der Waals surface area contributed by atoms with Gasteiger partial charge in [0.2, 0.25) is 17.7 Å². The SMILES string of the molecule is CCN1C(=O)C(C)(C)C(=O)N(C)c2cc(OCCCNCc3ccnc(CCN4C(=O)CCc5ccc(OC)cc54)c3)ccc21.Cl.Cl. The van der Waals surface area contributed by atoms with Gasteiger partial charge in [-0.1, -0.05) is 6.07 Å². The van der Waals surface area contributed by atoms with E-state index in [0.29, 0.717) is 56.2 Å². The van der Waals surface area contributed by atoms with Crippen molar-refractivity contribution in [3.05, 3.63) is 71.5 Å². The number of aromatic nitrogens is 1. The molecule has 2 aliphatic rings. The highest BCUT2D eigenvalue weighted by Gasteiger charge is 2.45. The van der Waals surface area contributed by atoms with Crippen LogP contribution in [0.3, 0.4) is 0 Å². The van der Waals surface area contributed by atoms with E-state index < -0.39 is 5.41 Å². The van der Waals surface area contributed by atoms with Gasteiger partial charge >= 0.3 is 0 Å². The number of amides is 3. The van der Waals surface area contributed by atoms with Gasteiger partial charge in [0.25, 0.3) is 0 Å². The maximum Gasteiger partial charge on any atom is 0.242 e. The van der Waals surface area contributed by atoms with E-state index in [9.17, 15) is 14.4 Å². The number of methoxy groups -OCH3 is 1. The van der Waals surface area contributed by atoms with Gasteiger partial charge in [0, 0.05) is 63.5 Å². The molecule has 0 aliphatic carbocycles. The van der Waals surface area contributed by atoms with E-state index in [1.807, 2.05) is 60.5 Å². The van der Waals surface area contributed by atoms with Gasteiger partial charge in [-0.2, -0.15) is 0 Å². The summed E-state index contributed by atoms with van der Waals surface area (Å²) in [5.41, 5.74) is 4.40. The van der Waals surface area contributed by atoms with Crippen LogP contribution in [0.15, 0.2) is 54.7 Å². The number of aryl methyl sites for hydroxylation is 1. The maximum absolute atomic E-state index is 13.1. The summed E-state index contributed by atoms with van der Waals surface area (Å²) in [4.78, 5) is 48.5. The van der Waals surface area contributed by atoms with Crippen molar-refractivity contribution in [3.8, 4) is 11.5 Å². The molecule has 3 heterocycles. The highest BCUT2D eigenvalue weighted by molar-refractivity contribution is 6.20. The number of carbonyl (C=O) groups is 3. The predicted octanol–water partition coefficient (Wildman–Crippen LogP) is 5.37. The third-order valence-electron chi connectivity index (χ3n) is 8.60. The summed E-state index contributed by atoms with van der Waals surface area (Å²) >= 11 is 0. The summed E-state index contributed by atoms with van der Waals surface area (Å²) in [6.07, 6.45) is 4.53. The Hall–Kier alpha value is -3.86. The first-order chi connectivity index (χ1) is 21.6. The fourth-order valence-electron chi connectivity index (χ4n) is 5.98. The van der Waals surface area contributed by atoms with Crippen molar-refractivity contribution in [2.24, 2.45) is 5.41 Å². The summed E-state index contributed by atoms with van der Waals surface area (Å²) in [7, 11) is 3.34. The molecule has 0 unspecified atom stereocenters. The lowest BCUT2D eigenvalue weighted by Gasteiger charge is -2.29. The average Bonchev–Trinajstić information content (AvgIpc) is 3.10. The molecule has 0 saturated carbocycles. The standard InChI is InChI=1S/C35H43N5O5.2ClH/c1-6-39-29-12-11-28(22-31(29)38(4)33(42)35(2,3)34(39)43)45-19-7-16-36-23-24-14-17-37-26(20-24)15-18-40-30-21-27(44-5)10-8-25(30)9-13-32(40)41;;/h8,10-12,14,17,20-22,36H,6-7,9,13,15-16,18-19,23H2,1-5H3;2*1H. The van der Waals surface area contributed by atoms with Crippen LogP contribution in [0.5, 0.6) is 11.5 Å². The lowest BCUT2D eigenvalue weighted by Crippen LogP contribution is -2.47. The molecule has 3 aromatic rings. The van der Waals surface area contributed by atoms with Crippen molar-refractivity contribution in [2.75, 3.05) is 55.1 Å². The molecule has 0 radical (unpaired) electrons. The zero-order valence-corrected chi connectivity index (χ0v) is 29.3. The second-order valence-corrected chi connectivity index (χ2v) is 12.0. The Morgan fingerprint density at radius 3 is 2.38 bits per heavy atom. The molecule has 254 valence electrons. The number of halogens is 2. The molecule has 5 rings (SSSR count). The van der Waals surface area contributed by atoms with Crippen molar-refractivity contribution in [1.29, 1.82) is 0 Å². The number of nitrogens with zero attached hydrogens (tertiary/aromatic N) is 4. The molecule has 1 aromatic heterocycles. The van der Waals surface area contributed by atoms with Crippen LogP contribution < -0.4 is 29.5 Å². The van der Waals surface area contributed by atoms with Crippen LogP contribution >= 0.6 is 24.8 Å². The molecule has 12 heteroatoms. The van der Waals surface area contributed by atoms with Gasteiger partial charge in [-0.15, -0.1) is 24.8 Å². The molecule has 47 heavy (non-hydrogen) atoms. The minimum absolute atomic E-state index is 0. The highest BCUT2D eigenvalue weighted by Crippen LogP contribution is 2.40. The van der Waals surface area contributed by atoms with Crippen LogP contribution in [0.1, 0.15) is 50.4 Å². The normalized spacial score (nSPS) is 15.3. The van der Waals surface area contributed by atoms with E-state index in [2.05, 4.69) is 16.4 Å². The van der Waals surface area contributed by atoms with Crippen molar-refractivity contribution < 1.29 is 23.9 Å². The molecule has 0 fully saturated rings. The van der Waals surface area contributed by atoms with Gasteiger partial charge in [0.1, 0.15) is 16.9 Å². The van der Waals surface area contributed by atoms with E-state index in [-0.39, 0.29) is 42.5 Å². The predicted molar refractivity (Wildman–Crippen MR) is 190 cm³/mol. The third kappa shape index (κ3) is 8.17. The Labute approximate surface area is 289 Å². The van der Waals surface area contributed by atoms with Crippen molar-refractivity contribution >= 4 is 59.6 Å². The van der Waals surface area contributed by atoms with Crippen molar-refractivity contribution in [2.45, 2.75) is 53.0 Å². The fraction of sp³-hybridized carbons (Fsp3) is 0.429.